The van der Waals surface area contributed by atoms with Crippen LogP contribution >= 0.6 is 0 Å². The molecule has 8 nitrogen and oxygen atoms in total. The van der Waals surface area contributed by atoms with Crippen molar-refractivity contribution in [2.75, 3.05) is 52.9 Å². The first kappa shape index (κ1) is 36.9. The van der Waals surface area contributed by atoms with Gasteiger partial charge in [-0.05, 0) is 77.6 Å². The van der Waals surface area contributed by atoms with Gasteiger partial charge >= 0.3 is 0 Å². The third kappa shape index (κ3) is 8.42. The second-order valence-electron chi connectivity index (χ2n) is 16.0. The number of hydrogen-bond donors (Lipinski definition) is 0. The molecule has 286 valence electrons. The lowest BCUT2D eigenvalue weighted by molar-refractivity contribution is 0.251. The van der Waals surface area contributed by atoms with Crippen molar-refractivity contribution in [1.82, 2.24) is 0 Å². The number of epoxide rings is 4. The van der Waals surface area contributed by atoms with Gasteiger partial charge in [0.05, 0.1) is 26.4 Å². The minimum Gasteiger partial charge on any atom is -0.490 e. The summed E-state index contributed by atoms with van der Waals surface area (Å²) in [6.07, 6.45) is 0.387. The molecule has 4 aliphatic rings. The molecule has 0 aliphatic carbocycles. The van der Waals surface area contributed by atoms with Crippen molar-refractivity contribution >= 4 is 0 Å². The molecule has 0 radical (unpaired) electrons. The molecule has 0 saturated carbocycles. The maximum Gasteiger partial charge on any atom is 0.126 e. The molecule has 8 heteroatoms. The maximum atomic E-state index is 6.83. The lowest BCUT2D eigenvalue weighted by Gasteiger charge is -2.35. The molecule has 4 heterocycles. The van der Waals surface area contributed by atoms with Crippen molar-refractivity contribution in [3.05, 3.63) is 115 Å². The summed E-state index contributed by atoms with van der Waals surface area (Å²) in [5.74, 6) is 2.90. The Morgan fingerprint density at radius 2 is 0.593 bits per heavy atom. The third-order valence-electron chi connectivity index (χ3n) is 10.7. The lowest BCUT2D eigenvalue weighted by atomic mass is 9.70. The first-order valence-electron chi connectivity index (χ1n) is 19.4. The quantitative estimate of drug-likeness (QED) is 0.100. The second-order valence-corrected chi connectivity index (χ2v) is 16.0. The van der Waals surface area contributed by atoms with Crippen LogP contribution in [0.4, 0.5) is 0 Å². The first-order chi connectivity index (χ1) is 26.0. The Kier molecular flexibility index (Phi) is 10.4. The SMILES string of the molecule is Cc1cc(C)c(OCC2CO2)c(C(c2cc(C)cc(C)c2OCC2CO2)C(c2cc(C)cc(C)c2OCC2CO2)c2cc(C)cc(C)c2OCC2CO2)c1. The monoisotopic (exact) mass is 734 g/mol. The Bertz CT molecular complexity index is 1730. The molecule has 8 rings (SSSR count). The molecule has 4 unspecified atom stereocenters. The van der Waals surface area contributed by atoms with Gasteiger partial charge in [0.2, 0.25) is 0 Å². The van der Waals surface area contributed by atoms with Gasteiger partial charge in [-0.25, -0.2) is 0 Å². The molecule has 0 spiro atoms. The van der Waals surface area contributed by atoms with Crippen LogP contribution in [0.15, 0.2) is 48.5 Å². The number of aryl methyl sites for hydroxylation is 8. The van der Waals surface area contributed by atoms with E-state index in [1.807, 2.05) is 0 Å². The fourth-order valence-electron chi connectivity index (χ4n) is 8.08. The van der Waals surface area contributed by atoms with Crippen LogP contribution in [0.1, 0.15) is 78.6 Å². The number of benzene rings is 4. The van der Waals surface area contributed by atoms with E-state index in [1.54, 1.807) is 0 Å². The van der Waals surface area contributed by atoms with E-state index in [4.69, 9.17) is 37.9 Å². The zero-order valence-electron chi connectivity index (χ0n) is 33.0. The maximum absolute atomic E-state index is 6.83. The fraction of sp³-hybridized carbons (Fsp3) is 0.478. The molecule has 4 saturated heterocycles. The highest BCUT2D eigenvalue weighted by Crippen LogP contribution is 2.55. The van der Waals surface area contributed by atoms with E-state index in [-0.39, 0.29) is 36.3 Å². The summed E-state index contributed by atoms with van der Waals surface area (Å²) in [7, 11) is 0. The topological polar surface area (TPSA) is 87.0 Å². The third-order valence-corrected chi connectivity index (χ3v) is 10.7. The largest absolute Gasteiger partial charge is 0.490 e. The van der Waals surface area contributed by atoms with Gasteiger partial charge in [-0.3, -0.25) is 0 Å². The van der Waals surface area contributed by atoms with E-state index in [1.165, 1.54) is 0 Å². The summed E-state index contributed by atoms with van der Waals surface area (Å²) in [6, 6.07) is 18.1. The fourth-order valence-corrected chi connectivity index (χ4v) is 8.08. The minimum absolute atomic E-state index is 0.0968. The molecule has 0 bridgehead atoms. The lowest BCUT2D eigenvalue weighted by Crippen LogP contribution is -2.22. The van der Waals surface area contributed by atoms with Crippen LogP contribution in [0.25, 0.3) is 0 Å². The molecular formula is C46H54O8. The molecule has 4 aromatic rings. The number of hydrogen-bond acceptors (Lipinski definition) is 8. The minimum atomic E-state index is -0.297. The molecular weight excluding hydrogens is 680 g/mol. The van der Waals surface area contributed by atoms with Gasteiger partial charge in [0.25, 0.3) is 0 Å². The summed E-state index contributed by atoms with van der Waals surface area (Å²) in [5, 5.41) is 0. The Morgan fingerprint density at radius 3 is 0.778 bits per heavy atom. The van der Waals surface area contributed by atoms with Crippen molar-refractivity contribution in [3.63, 3.8) is 0 Å². The molecule has 0 N–H and O–H groups in total. The predicted molar refractivity (Wildman–Crippen MR) is 208 cm³/mol. The molecule has 4 atom stereocenters. The predicted octanol–water partition coefficient (Wildman–Crippen LogP) is 8.23. The summed E-state index contributed by atoms with van der Waals surface area (Å²) >= 11 is 0. The van der Waals surface area contributed by atoms with E-state index >= 15 is 0 Å². The van der Waals surface area contributed by atoms with Crippen LogP contribution in [-0.4, -0.2) is 77.3 Å². The Labute approximate surface area is 320 Å². The number of rotatable bonds is 17. The van der Waals surface area contributed by atoms with Crippen LogP contribution < -0.4 is 18.9 Å². The highest BCUT2D eigenvalue weighted by Gasteiger charge is 2.40. The molecule has 4 fully saturated rings. The van der Waals surface area contributed by atoms with Gasteiger partial charge in [-0.2, -0.15) is 0 Å². The Hall–Kier alpha value is -4.08. The van der Waals surface area contributed by atoms with Gasteiger partial charge in [0.1, 0.15) is 73.8 Å². The number of ether oxygens (including phenoxy) is 8. The summed E-state index contributed by atoms with van der Waals surface area (Å²) in [5.41, 5.74) is 13.3. The van der Waals surface area contributed by atoms with Crippen molar-refractivity contribution in [1.29, 1.82) is 0 Å². The standard InChI is InChI=1S/C46H54O8/c1-25-9-29(5)43(51-21-33-17-47-33)37(13-25)41(38-14-26(2)10-30(6)44(38)52-22-34-18-48-34)42(39-15-27(3)11-31(7)45(39)53-23-35-19-49-35)40-16-28(4)12-32(8)46(40)54-24-36-20-50-36/h9-16,33-36,41-42H,17-24H2,1-8H3. The van der Waals surface area contributed by atoms with E-state index in [0.717, 1.165) is 89.8 Å². The van der Waals surface area contributed by atoms with Crippen LogP contribution in [0.5, 0.6) is 23.0 Å². The zero-order chi connectivity index (χ0) is 37.7. The second kappa shape index (κ2) is 15.2. The van der Waals surface area contributed by atoms with E-state index in [9.17, 15) is 0 Å². The van der Waals surface area contributed by atoms with E-state index in [2.05, 4.69) is 104 Å². The Morgan fingerprint density at radius 1 is 0.389 bits per heavy atom. The van der Waals surface area contributed by atoms with Gasteiger partial charge in [-0.15, -0.1) is 0 Å². The molecule has 4 aromatic carbocycles. The molecule has 0 aromatic heterocycles. The van der Waals surface area contributed by atoms with Crippen molar-refractivity contribution < 1.29 is 37.9 Å². The average Bonchev–Trinajstić information content (AvgIpc) is 3.92. The summed E-state index contributed by atoms with van der Waals surface area (Å²) in [6.45, 7) is 22.1. The highest BCUT2D eigenvalue weighted by atomic mass is 16.6. The molecule has 4 aliphatic heterocycles. The van der Waals surface area contributed by atoms with Crippen molar-refractivity contribution in [2.45, 2.75) is 91.6 Å². The normalized spacial score (nSPS) is 22.0. The van der Waals surface area contributed by atoms with E-state index < -0.39 is 0 Å². The zero-order valence-corrected chi connectivity index (χ0v) is 33.0. The van der Waals surface area contributed by atoms with Crippen molar-refractivity contribution in [3.8, 4) is 23.0 Å². The Balaban J connectivity index is 1.44. The van der Waals surface area contributed by atoms with Crippen LogP contribution in [0.2, 0.25) is 0 Å². The van der Waals surface area contributed by atoms with Gasteiger partial charge in [0.15, 0.2) is 0 Å². The van der Waals surface area contributed by atoms with Crippen LogP contribution in [-0.2, 0) is 18.9 Å². The van der Waals surface area contributed by atoms with Crippen molar-refractivity contribution in [2.24, 2.45) is 0 Å². The molecule has 54 heavy (non-hydrogen) atoms. The summed E-state index contributed by atoms with van der Waals surface area (Å²) < 4.78 is 49.9. The first-order valence-corrected chi connectivity index (χ1v) is 19.4. The van der Waals surface area contributed by atoms with E-state index in [0.29, 0.717) is 52.9 Å². The smallest absolute Gasteiger partial charge is 0.126 e. The van der Waals surface area contributed by atoms with Gasteiger partial charge < -0.3 is 37.9 Å². The van der Waals surface area contributed by atoms with Crippen LogP contribution in [0, 0.1) is 55.4 Å². The highest BCUT2D eigenvalue weighted by molar-refractivity contribution is 5.63. The molecule has 0 amide bonds. The van der Waals surface area contributed by atoms with Gasteiger partial charge in [-0.1, -0.05) is 70.8 Å². The van der Waals surface area contributed by atoms with Gasteiger partial charge in [0, 0.05) is 34.1 Å². The van der Waals surface area contributed by atoms with Crippen LogP contribution in [0.3, 0.4) is 0 Å². The average molecular weight is 735 g/mol. The summed E-state index contributed by atoms with van der Waals surface area (Å²) in [4.78, 5) is 0.